The predicted octanol–water partition coefficient (Wildman–Crippen LogP) is 12.7. The lowest BCUT2D eigenvalue weighted by molar-refractivity contribution is -0.870. The van der Waals surface area contributed by atoms with Crippen LogP contribution in [-0.2, 0) is 18.4 Å². The van der Waals surface area contributed by atoms with Crippen LogP contribution in [0.1, 0.15) is 155 Å². The fraction of sp³-hybridized carbons (Fsp3) is 0.653. The fourth-order valence-corrected chi connectivity index (χ4v) is 6.43. The van der Waals surface area contributed by atoms with Crippen molar-refractivity contribution in [3.63, 3.8) is 0 Å². The van der Waals surface area contributed by atoms with Crippen molar-refractivity contribution in [1.82, 2.24) is 5.32 Å². The lowest BCUT2D eigenvalue weighted by Gasteiger charge is -2.25. The Balaban J connectivity index is 4.62. The summed E-state index contributed by atoms with van der Waals surface area (Å²) in [7, 11) is 1.49. The van der Waals surface area contributed by atoms with Crippen LogP contribution in [0.25, 0.3) is 0 Å². The van der Waals surface area contributed by atoms with Crippen molar-refractivity contribution < 1.29 is 32.9 Å². The van der Waals surface area contributed by atoms with Gasteiger partial charge in [0.15, 0.2) is 0 Å². The number of amides is 1. The van der Waals surface area contributed by atoms with E-state index in [4.69, 9.17) is 9.05 Å². The van der Waals surface area contributed by atoms with Gasteiger partial charge in [-0.3, -0.25) is 13.8 Å². The maximum atomic E-state index is 12.8. The Labute approximate surface area is 356 Å². The lowest BCUT2D eigenvalue weighted by atomic mass is 10.1. The van der Waals surface area contributed by atoms with E-state index < -0.39 is 20.0 Å². The zero-order chi connectivity index (χ0) is 42.8. The monoisotopic (exact) mass is 830 g/mol. The van der Waals surface area contributed by atoms with E-state index in [2.05, 4.69) is 104 Å². The highest BCUT2D eigenvalue weighted by Gasteiger charge is 2.27. The second kappa shape index (κ2) is 39.9. The summed E-state index contributed by atoms with van der Waals surface area (Å²) in [6, 6.07) is -0.905. The van der Waals surface area contributed by atoms with Crippen LogP contribution in [-0.4, -0.2) is 73.4 Å². The van der Waals surface area contributed by atoms with Crippen LogP contribution >= 0.6 is 7.82 Å². The number of hydrogen-bond donors (Lipinski definition) is 3. The summed E-state index contributed by atoms with van der Waals surface area (Å²) in [6.45, 7) is 4.60. The normalized spacial score (nSPS) is 15.2. The lowest BCUT2D eigenvalue weighted by Crippen LogP contribution is -2.45. The molecule has 3 atom stereocenters. The average Bonchev–Trinajstić information content (AvgIpc) is 3.17. The molecule has 0 aliphatic heterocycles. The van der Waals surface area contributed by atoms with Crippen LogP contribution in [0.15, 0.2) is 97.2 Å². The van der Waals surface area contributed by atoms with Gasteiger partial charge in [0.1, 0.15) is 13.2 Å². The Hall–Kier alpha value is -2.58. The second-order valence-corrected chi connectivity index (χ2v) is 17.5. The van der Waals surface area contributed by atoms with E-state index in [1.165, 1.54) is 64.2 Å². The smallest absolute Gasteiger partial charge is 0.387 e. The van der Waals surface area contributed by atoms with Gasteiger partial charge in [-0.15, -0.1) is 0 Å². The molecule has 8 nitrogen and oxygen atoms in total. The number of allylic oxidation sites excluding steroid dienone is 15. The number of phosphoric ester groups is 1. The summed E-state index contributed by atoms with van der Waals surface area (Å²) in [4.78, 5) is 23.1. The van der Waals surface area contributed by atoms with Crippen LogP contribution in [0, 0.1) is 0 Å². The van der Waals surface area contributed by atoms with E-state index >= 15 is 0 Å². The fourth-order valence-electron chi connectivity index (χ4n) is 5.69. The van der Waals surface area contributed by atoms with Crippen molar-refractivity contribution in [3.8, 4) is 0 Å². The van der Waals surface area contributed by atoms with Gasteiger partial charge in [0.2, 0.25) is 5.91 Å². The number of nitrogens with zero attached hydrogens (tertiary/aromatic N) is 1. The molecule has 0 heterocycles. The third-order valence-electron chi connectivity index (χ3n) is 9.27. The van der Waals surface area contributed by atoms with Crippen LogP contribution in [0.4, 0.5) is 0 Å². The minimum Gasteiger partial charge on any atom is -0.387 e. The van der Waals surface area contributed by atoms with Crippen LogP contribution in [0.3, 0.4) is 0 Å². The van der Waals surface area contributed by atoms with Gasteiger partial charge in [-0.2, -0.15) is 0 Å². The first-order valence-electron chi connectivity index (χ1n) is 22.6. The number of rotatable bonds is 39. The largest absolute Gasteiger partial charge is 0.472 e. The van der Waals surface area contributed by atoms with Gasteiger partial charge in [0.25, 0.3) is 0 Å². The van der Waals surface area contributed by atoms with Gasteiger partial charge in [-0.05, 0) is 83.5 Å². The summed E-state index contributed by atoms with van der Waals surface area (Å²) in [5.74, 6) is -0.253. The van der Waals surface area contributed by atoms with Gasteiger partial charge in [0, 0.05) is 6.42 Å². The number of quaternary nitrogens is 1. The Kier molecular flexibility index (Phi) is 38.1. The Morgan fingerprint density at radius 1 is 0.603 bits per heavy atom. The third-order valence-corrected chi connectivity index (χ3v) is 10.2. The Bertz CT molecular complexity index is 1260. The molecule has 0 radical (unpaired) electrons. The summed E-state index contributed by atoms with van der Waals surface area (Å²) >= 11 is 0. The van der Waals surface area contributed by atoms with Gasteiger partial charge >= 0.3 is 7.82 Å². The number of hydrogen-bond acceptors (Lipinski definition) is 5. The average molecular weight is 830 g/mol. The molecule has 0 bridgehead atoms. The summed E-state index contributed by atoms with van der Waals surface area (Å²) in [5, 5.41) is 13.8. The minimum absolute atomic E-state index is 0.0374. The quantitative estimate of drug-likeness (QED) is 0.0247. The van der Waals surface area contributed by atoms with E-state index in [0.717, 1.165) is 64.2 Å². The highest BCUT2D eigenvalue weighted by Crippen LogP contribution is 2.43. The van der Waals surface area contributed by atoms with E-state index in [1.54, 1.807) is 6.08 Å². The van der Waals surface area contributed by atoms with E-state index in [9.17, 15) is 19.4 Å². The molecule has 1 amide bonds. The number of likely N-dealkylation sites (N-methyl/N-ethyl adjacent to an activating group) is 1. The van der Waals surface area contributed by atoms with Crippen molar-refractivity contribution in [2.75, 3.05) is 40.9 Å². The summed E-state index contributed by atoms with van der Waals surface area (Å²) in [5.41, 5.74) is 0. The Morgan fingerprint density at radius 3 is 1.59 bits per heavy atom. The molecule has 332 valence electrons. The van der Waals surface area contributed by atoms with Crippen molar-refractivity contribution in [3.05, 3.63) is 97.2 Å². The molecule has 0 fully saturated rings. The van der Waals surface area contributed by atoms with E-state index in [0.29, 0.717) is 17.4 Å². The van der Waals surface area contributed by atoms with Gasteiger partial charge < -0.3 is 19.8 Å². The van der Waals surface area contributed by atoms with Crippen LogP contribution in [0.5, 0.6) is 0 Å². The van der Waals surface area contributed by atoms with Crippen molar-refractivity contribution in [2.45, 2.75) is 167 Å². The minimum atomic E-state index is -4.37. The molecule has 0 aliphatic rings. The van der Waals surface area contributed by atoms with Crippen molar-refractivity contribution in [2.24, 2.45) is 0 Å². The molecule has 0 aromatic rings. The van der Waals surface area contributed by atoms with Gasteiger partial charge in [-0.1, -0.05) is 162 Å². The van der Waals surface area contributed by atoms with E-state index in [-0.39, 0.29) is 25.5 Å². The Morgan fingerprint density at radius 2 is 1.05 bits per heavy atom. The molecule has 3 N–H and O–H groups in total. The summed E-state index contributed by atoms with van der Waals surface area (Å²) in [6.07, 6.45) is 56.4. The first-order valence-corrected chi connectivity index (χ1v) is 24.1. The maximum absolute atomic E-state index is 12.8. The van der Waals surface area contributed by atoms with Crippen LogP contribution < -0.4 is 5.32 Å². The summed E-state index contributed by atoms with van der Waals surface area (Å²) < 4.78 is 23.5. The predicted molar refractivity (Wildman–Crippen MR) is 249 cm³/mol. The number of phosphoric acid groups is 1. The molecule has 0 aliphatic carbocycles. The molecular formula is C49H86N2O6P+. The molecule has 58 heavy (non-hydrogen) atoms. The molecule has 0 saturated carbocycles. The molecule has 0 saturated heterocycles. The first-order chi connectivity index (χ1) is 28.0. The molecular weight excluding hydrogens is 744 g/mol. The highest BCUT2D eigenvalue weighted by atomic mass is 31.2. The third kappa shape index (κ3) is 41.6. The number of aliphatic hydroxyl groups excluding tert-OH is 1. The van der Waals surface area contributed by atoms with E-state index in [1.807, 2.05) is 27.2 Å². The number of unbranched alkanes of at least 4 members (excludes halogenated alkanes) is 12. The van der Waals surface area contributed by atoms with Gasteiger partial charge in [-0.25, -0.2) is 4.57 Å². The standard InChI is InChI=1S/C49H85N2O6P/c1-6-8-10-12-14-16-18-20-22-24-25-27-28-30-32-34-36-38-40-42-48(52)47(46-57-58(54,55)56-45-44-51(3,4)5)50-49(53)43-41-39-37-35-33-31-29-26-23-21-19-17-15-13-11-9-7-2/h9,11,15,17,21,23,25,27,29,31-32,34-35,37,40,42,47-48,52H,6-8,10,12-14,16,18-20,22,24,26,28,30,33,36,38-39,41,43-46H2,1-5H3,(H-,50,53,54,55)/p+1/b11-9-,17-15-,23-21-,27-25+,31-29-,34-32+,37-35-,42-40+. The van der Waals surface area contributed by atoms with Crippen molar-refractivity contribution >= 4 is 13.7 Å². The second-order valence-electron chi connectivity index (χ2n) is 16.0. The maximum Gasteiger partial charge on any atom is 0.472 e. The van der Waals surface area contributed by atoms with Crippen molar-refractivity contribution in [1.29, 1.82) is 0 Å². The number of aliphatic hydroxyl groups is 1. The van der Waals surface area contributed by atoms with Gasteiger partial charge in [0.05, 0.1) is 39.9 Å². The highest BCUT2D eigenvalue weighted by molar-refractivity contribution is 7.47. The SMILES string of the molecule is CC/C=C\C/C=C\C/C=C\C/C=C\C/C=C\CCCC(=O)NC(COP(=O)(O)OCC[N+](C)(C)C)C(O)/C=C/CC/C=C/CC/C=C/CCCCCCCCCCC. The molecule has 0 aromatic heterocycles. The zero-order valence-corrected chi connectivity index (χ0v) is 38.4. The molecule has 0 rings (SSSR count). The molecule has 0 aromatic carbocycles. The molecule has 3 unspecified atom stereocenters. The number of carbonyl (C=O) groups is 1. The topological polar surface area (TPSA) is 105 Å². The number of carbonyl (C=O) groups excluding carboxylic acids is 1. The van der Waals surface area contributed by atoms with Crippen LogP contribution in [0.2, 0.25) is 0 Å². The first kappa shape index (κ1) is 55.4. The number of nitrogens with one attached hydrogen (secondary N) is 1. The molecule has 9 heteroatoms. The zero-order valence-electron chi connectivity index (χ0n) is 37.5. The molecule has 0 spiro atoms.